The molecule has 0 saturated heterocycles. The maximum Gasteiger partial charge on any atom is 0.255 e. The Labute approximate surface area is 151 Å². The van der Waals surface area contributed by atoms with E-state index in [4.69, 9.17) is 4.74 Å². The highest BCUT2D eigenvalue weighted by molar-refractivity contribution is 5.97. The number of rotatable bonds is 4. The lowest BCUT2D eigenvalue weighted by Crippen LogP contribution is -2.32. The molecule has 7 nitrogen and oxygen atoms in total. The number of fused-ring (bicyclic) bond motifs is 1. The van der Waals surface area contributed by atoms with Crippen LogP contribution >= 0.6 is 0 Å². The molecule has 0 radical (unpaired) electrons. The molecular weight excluding hydrogens is 330 g/mol. The maximum atomic E-state index is 12.1. The Hall–Kier alpha value is -3.22. The lowest BCUT2D eigenvalue weighted by Gasteiger charge is -2.15. The summed E-state index contributed by atoms with van der Waals surface area (Å²) in [5.74, 6) is 0.543. The maximum absolute atomic E-state index is 12.1. The predicted octanol–water partition coefficient (Wildman–Crippen LogP) is 1.86. The summed E-state index contributed by atoms with van der Waals surface area (Å²) in [5, 5.41) is 7.46. The number of carbonyl (C=O) groups is 1. The summed E-state index contributed by atoms with van der Waals surface area (Å²) < 4.78 is 6.95. The summed E-state index contributed by atoms with van der Waals surface area (Å²) in [6.07, 6.45) is 4.99. The van der Waals surface area contributed by atoms with Gasteiger partial charge < -0.3 is 10.1 Å². The molecule has 3 aromatic heterocycles. The molecule has 1 aliphatic heterocycles. The minimum Gasteiger partial charge on any atom is -0.481 e. The van der Waals surface area contributed by atoms with Crippen LogP contribution in [0.1, 0.15) is 33.0 Å². The van der Waals surface area contributed by atoms with E-state index in [-0.39, 0.29) is 5.91 Å². The van der Waals surface area contributed by atoms with Gasteiger partial charge in [-0.25, -0.2) is 9.67 Å². The number of hydrogen-bond donors (Lipinski definition) is 1. The number of nitrogens with one attached hydrogen (secondary N) is 1. The van der Waals surface area contributed by atoms with Crippen molar-refractivity contribution in [3.63, 3.8) is 0 Å². The molecule has 0 aromatic carbocycles. The van der Waals surface area contributed by atoms with Crippen molar-refractivity contribution in [2.75, 3.05) is 13.7 Å². The first-order valence-corrected chi connectivity index (χ1v) is 8.46. The van der Waals surface area contributed by atoms with Gasteiger partial charge in [-0.15, -0.1) is 0 Å². The van der Waals surface area contributed by atoms with Crippen LogP contribution in [0.5, 0.6) is 5.88 Å². The number of hydrogen-bond acceptors (Lipinski definition) is 5. The Morgan fingerprint density at radius 3 is 2.92 bits per heavy atom. The summed E-state index contributed by atoms with van der Waals surface area (Å²) >= 11 is 0. The summed E-state index contributed by atoms with van der Waals surface area (Å²) in [4.78, 5) is 20.8. The second-order valence-electron chi connectivity index (χ2n) is 6.22. The largest absolute Gasteiger partial charge is 0.481 e. The summed E-state index contributed by atoms with van der Waals surface area (Å²) in [7, 11) is 1.60. The average Bonchev–Trinajstić information content (AvgIpc) is 3.01. The van der Waals surface area contributed by atoms with Gasteiger partial charge in [0.2, 0.25) is 5.88 Å². The Morgan fingerprint density at radius 1 is 1.27 bits per heavy atom. The van der Waals surface area contributed by atoms with Crippen molar-refractivity contribution in [1.29, 1.82) is 0 Å². The van der Waals surface area contributed by atoms with Crippen LogP contribution in [0.4, 0.5) is 0 Å². The quantitative estimate of drug-likeness (QED) is 0.777. The van der Waals surface area contributed by atoms with Gasteiger partial charge in [0.15, 0.2) is 0 Å². The number of aryl methyl sites for hydroxylation is 1. The van der Waals surface area contributed by atoms with Gasteiger partial charge in [0, 0.05) is 43.5 Å². The number of ether oxygens (including phenoxy) is 1. The molecule has 0 spiro atoms. The first-order valence-electron chi connectivity index (χ1n) is 8.46. The molecule has 1 amide bonds. The molecule has 26 heavy (non-hydrogen) atoms. The molecule has 1 N–H and O–H groups in total. The fourth-order valence-corrected chi connectivity index (χ4v) is 3.24. The Morgan fingerprint density at radius 2 is 2.15 bits per heavy atom. The molecule has 1 aliphatic rings. The van der Waals surface area contributed by atoms with Crippen LogP contribution in [0, 0.1) is 6.92 Å². The number of amides is 1. The zero-order valence-corrected chi connectivity index (χ0v) is 14.7. The molecule has 0 fully saturated rings. The molecule has 3 aromatic rings. The van der Waals surface area contributed by atoms with Gasteiger partial charge in [-0.1, -0.05) is 6.07 Å². The third-order valence-electron chi connectivity index (χ3n) is 4.47. The van der Waals surface area contributed by atoms with Crippen LogP contribution in [0.25, 0.3) is 5.69 Å². The zero-order chi connectivity index (χ0) is 18.1. The molecule has 0 bridgehead atoms. The fourth-order valence-electron chi connectivity index (χ4n) is 3.24. The third-order valence-corrected chi connectivity index (χ3v) is 4.47. The van der Waals surface area contributed by atoms with E-state index in [1.54, 1.807) is 19.5 Å². The second-order valence-corrected chi connectivity index (χ2v) is 6.22. The van der Waals surface area contributed by atoms with Gasteiger partial charge in [-0.2, -0.15) is 5.10 Å². The smallest absolute Gasteiger partial charge is 0.255 e. The van der Waals surface area contributed by atoms with Gasteiger partial charge in [0.25, 0.3) is 5.91 Å². The van der Waals surface area contributed by atoms with Crippen molar-refractivity contribution in [3.8, 4) is 11.6 Å². The van der Waals surface area contributed by atoms with Crippen LogP contribution in [0.15, 0.2) is 36.7 Å². The van der Waals surface area contributed by atoms with E-state index in [0.717, 1.165) is 34.8 Å². The van der Waals surface area contributed by atoms with E-state index in [1.165, 1.54) is 0 Å². The molecule has 7 heteroatoms. The lowest BCUT2D eigenvalue weighted by atomic mass is 10.1. The van der Waals surface area contributed by atoms with Crippen LogP contribution in [0.3, 0.4) is 0 Å². The van der Waals surface area contributed by atoms with E-state index in [2.05, 4.69) is 20.4 Å². The highest BCUT2D eigenvalue weighted by atomic mass is 16.5. The van der Waals surface area contributed by atoms with Crippen molar-refractivity contribution in [2.45, 2.75) is 19.8 Å². The fraction of sp³-hybridized carbons (Fsp3) is 0.263. The first-order chi connectivity index (χ1) is 12.7. The van der Waals surface area contributed by atoms with Crippen LogP contribution < -0.4 is 10.1 Å². The number of aromatic nitrogens is 4. The number of carbonyl (C=O) groups excluding carboxylic acids is 1. The van der Waals surface area contributed by atoms with Gasteiger partial charge in [-0.05, 0) is 24.6 Å². The molecule has 4 heterocycles. The van der Waals surface area contributed by atoms with Gasteiger partial charge in [-0.3, -0.25) is 9.78 Å². The molecule has 0 atom stereocenters. The molecule has 0 aliphatic carbocycles. The molecule has 132 valence electrons. The van der Waals surface area contributed by atoms with Crippen LogP contribution in [0.2, 0.25) is 0 Å². The SMILES string of the molecule is COc1ccc(Cc2cc(-n3nc(C)c4c3CCNC4=O)ccn2)cn1. The van der Waals surface area contributed by atoms with Crippen molar-refractivity contribution in [2.24, 2.45) is 0 Å². The van der Waals surface area contributed by atoms with Crippen LogP contribution in [-0.2, 0) is 12.8 Å². The van der Waals surface area contributed by atoms with E-state index >= 15 is 0 Å². The monoisotopic (exact) mass is 349 g/mol. The minimum absolute atomic E-state index is 0.0476. The highest BCUT2D eigenvalue weighted by Crippen LogP contribution is 2.22. The first kappa shape index (κ1) is 16.3. The van der Waals surface area contributed by atoms with Crippen molar-refractivity contribution < 1.29 is 9.53 Å². The molecule has 4 rings (SSSR count). The van der Waals surface area contributed by atoms with Gasteiger partial charge >= 0.3 is 0 Å². The predicted molar refractivity (Wildman–Crippen MR) is 95.7 cm³/mol. The molecular formula is C19H19N5O2. The van der Waals surface area contributed by atoms with E-state index in [9.17, 15) is 4.79 Å². The van der Waals surface area contributed by atoms with E-state index in [0.29, 0.717) is 24.4 Å². The minimum atomic E-state index is -0.0476. The van der Waals surface area contributed by atoms with Crippen molar-refractivity contribution >= 4 is 5.91 Å². The lowest BCUT2D eigenvalue weighted by molar-refractivity contribution is 0.0945. The third kappa shape index (κ3) is 2.92. The van der Waals surface area contributed by atoms with Crippen molar-refractivity contribution in [3.05, 3.63) is 64.9 Å². The van der Waals surface area contributed by atoms with E-state index < -0.39 is 0 Å². The number of nitrogens with zero attached hydrogens (tertiary/aromatic N) is 4. The normalized spacial score (nSPS) is 13.2. The van der Waals surface area contributed by atoms with Gasteiger partial charge in [0.05, 0.1) is 29.7 Å². The van der Waals surface area contributed by atoms with Gasteiger partial charge in [0.1, 0.15) is 0 Å². The van der Waals surface area contributed by atoms with Crippen LogP contribution in [-0.4, -0.2) is 39.3 Å². The Balaban J connectivity index is 1.66. The Kier molecular flexibility index (Phi) is 4.12. The number of methoxy groups -OCH3 is 1. The Bertz CT molecular complexity index is 963. The molecule has 0 unspecified atom stereocenters. The molecule has 0 saturated carbocycles. The second kappa shape index (κ2) is 6.59. The zero-order valence-electron chi connectivity index (χ0n) is 14.7. The topological polar surface area (TPSA) is 81.9 Å². The average molecular weight is 349 g/mol. The summed E-state index contributed by atoms with van der Waals surface area (Å²) in [6.45, 7) is 2.50. The van der Waals surface area contributed by atoms with Crippen molar-refractivity contribution in [1.82, 2.24) is 25.1 Å². The standard InChI is InChI=1S/C19H19N5O2/c1-12-18-16(6-8-21-19(18)25)24(23-12)15-5-7-20-14(10-15)9-13-3-4-17(26-2)22-11-13/h3-5,7,10-11H,6,8-9H2,1-2H3,(H,21,25). The summed E-state index contributed by atoms with van der Waals surface area (Å²) in [5.41, 5.74) is 5.26. The van der Waals surface area contributed by atoms with E-state index in [1.807, 2.05) is 35.9 Å². The summed E-state index contributed by atoms with van der Waals surface area (Å²) in [6, 6.07) is 7.73. The highest BCUT2D eigenvalue weighted by Gasteiger charge is 2.25. The number of pyridine rings is 2.